The number of hydrogen-bond donors (Lipinski definition) is 2. The first-order valence-electron chi connectivity index (χ1n) is 5.93. The number of rotatable bonds is 5. The summed E-state index contributed by atoms with van der Waals surface area (Å²) in [7, 11) is 1.59. The van der Waals surface area contributed by atoms with Crippen LogP contribution in [0.15, 0.2) is 39.4 Å². The van der Waals surface area contributed by atoms with Gasteiger partial charge in [-0.3, -0.25) is 0 Å². The molecule has 1 aromatic carbocycles. The van der Waals surface area contributed by atoms with Crippen LogP contribution in [0.2, 0.25) is 0 Å². The summed E-state index contributed by atoms with van der Waals surface area (Å²) in [4.78, 5) is 0. The van der Waals surface area contributed by atoms with E-state index in [2.05, 4.69) is 21.2 Å². The Morgan fingerprint density at radius 1 is 1.42 bits per heavy atom. The molecule has 0 bridgehead atoms. The molecule has 0 spiro atoms. The zero-order chi connectivity index (χ0) is 13.8. The Hall–Kier alpha value is -1.46. The topological polar surface area (TPSA) is 54.6 Å². The van der Waals surface area contributed by atoms with Crippen molar-refractivity contribution in [2.75, 3.05) is 12.4 Å². The van der Waals surface area contributed by atoms with Crippen molar-refractivity contribution in [3.63, 3.8) is 0 Å². The monoisotopic (exact) mass is 325 g/mol. The molecular weight excluding hydrogens is 310 g/mol. The lowest BCUT2D eigenvalue weighted by Gasteiger charge is -2.15. The summed E-state index contributed by atoms with van der Waals surface area (Å²) in [5, 5.41) is 12.6. The van der Waals surface area contributed by atoms with Crippen LogP contribution in [0.3, 0.4) is 0 Å². The molecule has 1 heterocycles. The van der Waals surface area contributed by atoms with Gasteiger partial charge in [-0.2, -0.15) is 0 Å². The third-order valence-corrected chi connectivity index (χ3v) is 3.53. The smallest absolute Gasteiger partial charge is 0.139 e. The highest BCUT2D eigenvalue weighted by molar-refractivity contribution is 9.10. The third-order valence-electron chi connectivity index (χ3n) is 2.87. The Bertz CT molecular complexity index is 553. The maximum absolute atomic E-state index is 9.30. The number of methoxy groups -OCH3 is 1. The van der Waals surface area contributed by atoms with Gasteiger partial charge in [-0.15, -0.1) is 0 Å². The average Bonchev–Trinajstić information content (AvgIpc) is 2.85. The van der Waals surface area contributed by atoms with Crippen LogP contribution in [0.5, 0.6) is 5.75 Å². The zero-order valence-electron chi connectivity index (χ0n) is 10.8. The molecule has 0 aliphatic rings. The molecule has 0 fully saturated rings. The summed E-state index contributed by atoms with van der Waals surface area (Å²) < 4.78 is 11.5. The van der Waals surface area contributed by atoms with Crippen molar-refractivity contribution in [2.24, 2.45) is 0 Å². The van der Waals surface area contributed by atoms with Crippen molar-refractivity contribution < 1.29 is 14.3 Å². The fourth-order valence-electron chi connectivity index (χ4n) is 1.92. The second-order valence-electron chi connectivity index (χ2n) is 4.18. The molecule has 2 aromatic rings. The predicted molar refractivity (Wildman–Crippen MR) is 77.4 cm³/mol. The molecule has 2 rings (SSSR count). The van der Waals surface area contributed by atoms with Crippen molar-refractivity contribution in [3.8, 4) is 5.75 Å². The van der Waals surface area contributed by atoms with Crippen LogP contribution in [0, 0.1) is 0 Å². The molecule has 0 amide bonds. The summed E-state index contributed by atoms with van der Waals surface area (Å²) in [6, 6.07) is 7.49. The van der Waals surface area contributed by atoms with Gasteiger partial charge in [-0.25, -0.2) is 0 Å². The number of furan rings is 1. The minimum atomic E-state index is -0.0580. The molecular formula is C14H16BrNO3. The van der Waals surface area contributed by atoms with Crippen LogP contribution >= 0.6 is 15.9 Å². The number of aliphatic hydroxyl groups is 1. The Kier molecular flexibility index (Phi) is 4.50. The molecule has 0 radical (unpaired) electrons. The van der Waals surface area contributed by atoms with Gasteiger partial charge in [0.15, 0.2) is 0 Å². The van der Waals surface area contributed by atoms with Crippen molar-refractivity contribution in [1.29, 1.82) is 0 Å². The standard InChI is InChI=1S/C14H16BrNO3/c1-9(14-12(15)5-6-19-14)16-11-3-4-13(18-2)10(7-11)8-17/h3-7,9,16-17H,8H2,1-2H3. The summed E-state index contributed by atoms with van der Waals surface area (Å²) >= 11 is 3.44. The van der Waals surface area contributed by atoms with E-state index in [-0.39, 0.29) is 12.6 Å². The first-order chi connectivity index (χ1) is 9.15. The molecule has 0 saturated carbocycles. The van der Waals surface area contributed by atoms with E-state index in [9.17, 15) is 5.11 Å². The fourth-order valence-corrected chi connectivity index (χ4v) is 2.47. The van der Waals surface area contributed by atoms with E-state index in [1.165, 1.54) is 0 Å². The second-order valence-corrected chi connectivity index (χ2v) is 5.04. The molecule has 1 aromatic heterocycles. The molecule has 5 heteroatoms. The largest absolute Gasteiger partial charge is 0.496 e. The zero-order valence-corrected chi connectivity index (χ0v) is 12.4. The van der Waals surface area contributed by atoms with Crippen molar-refractivity contribution in [1.82, 2.24) is 0 Å². The van der Waals surface area contributed by atoms with E-state index in [4.69, 9.17) is 9.15 Å². The summed E-state index contributed by atoms with van der Waals surface area (Å²) in [6.45, 7) is 1.95. The Morgan fingerprint density at radius 2 is 2.21 bits per heavy atom. The minimum Gasteiger partial charge on any atom is -0.496 e. The van der Waals surface area contributed by atoms with Gasteiger partial charge in [0.05, 0.1) is 30.5 Å². The first kappa shape index (κ1) is 14.0. The number of halogens is 1. The summed E-state index contributed by atoms with van der Waals surface area (Å²) in [5.41, 5.74) is 1.65. The number of anilines is 1. The van der Waals surface area contributed by atoms with Gasteiger partial charge < -0.3 is 19.6 Å². The number of ether oxygens (including phenoxy) is 1. The van der Waals surface area contributed by atoms with E-state index in [1.807, 2.05) is 31.2 Å². The quantitative estimate of drug-likeness (QED) is 0.879. The van der Waals surface area contributed by atoms with Crippen LogP contribution in [-0.2, 0) is 6.61 Å². The van der Waals surface area contributed by atoms with E-state index in [0.29, 0.717) is 5.75 Å². The lowest BCUT2D eigenvalue weighted by molar-refractivity contribution is 0.274. The molecule has 2 N–H and O–H groups in total. The lowest BCUT2D eigenvalue weighted by atomic mass is 10.1. The molecule has 19 heavy (non-hydrogen) atoms. The Balaban J connectivity index is 2.17. The fraction of sp³-hybridized carbons (Fsp3) is 0.286. The van der Waals surface area contributed by atoms with Gasteiger partial charge in [0, 0.05) is 11.3 Å². The number of hydrogen-bond acceptors (Lipinski definition) is 4. The van der Waals surface area contributed by atoms with Crippen molar-refractivity contribution in [2.45, 2.75) is 19.6 Å². The molecule has 4 nitrogen and oxygen atoms in total. The number of aliphatic hydroxyl groups excluding tert-OH is 1. The number of nitrogens with one attached hydrogen (secondary N) is 1. The Labute approximate surface area is 120 Å². The van der Waals surface area contributed by atoms with Gasteiger partial charge >= 0.3 is 0 Å². The molecule has 102 valence electrons. The SMILES string of the molecule is COc1ccc(NC(C)c2occc2Br)cc1CO. The maximum atomic E-state index is 9.30. The minimum absolute atomic E-state index is 0.0179. The molecule has 0 saturated heterocycles. The van der Waals surface area contributed by atoms with Crippen LogP contribution < -0.4 is 10.1 Å². The van der Waals surface area contributed by atoms with Crippen molar-refractivity contribution >= 4 is 21.6 Å². The molecule has 0 aliphatic heterocycles. The van der Waals surface area contributed by atoms with E-state index in [1.54, 1.807) is 13.4 Å². The third kappa shape index (κ3) is 3.11. The summed E-state index contributed by atoms with van der Waals surface area (Å²) in [6.07, 6.45) is 1.64. The van der Waals surface area contributed by atoms with E-state index in [0.717, 1.165) is 21.5 Å². The van der Waals surface area contributed by atoms with Crippen molar-refractivity contribution in [3.05, 3.63) is 46.3 Å². The average molecular weight is 326 g/mol. The Morgan fingerprint density at radius 3 is 2.79 bits per heavy atom. The molecule has 1 atom stereocenters. The first-order valence-corrected chi connectivity index (χ1v) is 6.72. The van der Waals surface area contributed by atoms with Crippen LogP contribution in [0.1, 0.15) is 24.3 Å². The normalized spacial score (nSPS) is 12.2. The molecule has 1 unspecified atom stereocenters. The van der Waals surface area contributed by atoms with Gasteiger partial charge in [0.1, 0.15) is 11.5 Å². The highest BCUT2D eigenvalue weighted by Crippen LogP contribution is 2.29. The lowest BCUT2D eigenvalue weighted by Crippen LogP contribution is -2.06. The highest BCUT2D eigenvalue weighted by Gasteiger charge is 2.13. The highest BCUT2D eigenvalue weighted by atomic mass is 79.9. The van der Waals surface area contributed by atoms with Crippen LogP contribution in [-0.4, -0.2) is 12.2 Å². The van der Waals surface area contributed by atoms with Crippen LogP contribution in [0.4, 0.5) is 5.69 Å². The molecule has 0 aliphatic carbocycles. The van der Waals surface area contributed by atoms with Crippen LogP contribution in [0.25, 0.3) is 0 Å². The number of benzene rings is 1. The van der Waals surface area contributed by atoms with Gasteiger partial charge in [0.25, 0.3) is 0 Å². The summed E-state index contributed by atoms with van der Waals surface area (Å²) in [5.74, 6) is 1.52. The van der Waals surface area contributed by atoms with Gasteiger partial charge in [-0.1, -0.05) is 0 Å². The predicted octanol–water partition coefficient (Wildman–Crippen LogP) is 3.72. The van der Waals surface area contributed by atoms with E-state index >= 15 is 0 Å². The van der Waals surface area contributed by atoms with E-state index < -0.39 is 0 Å². The van der Waals surface area contributed by atoms with Gasteiger partial charge in [0.2, 0.25) is 0 Å². The van der Waals surface area contributed by atoms with Gasteiger partial charge in [-0.05, 0) is 47.1 Å². The second kappa shape index (κ2) is 6.12. The maximum Gasteiger partial charge on any atom is 0.139 e.